The number of aryl methyl sites for hydroxylation is 1. The van der Waals surface area contributed by atoms with Gasteiger partial charge in [-0.2, -0.15) is 22.0 Å². The van der Waals surface area contributed by atoms with Crippen molar-refractivity contribution in [2.45, 2.75) is 46.4 Å². The number of halogens is 6. The standard InChI is InChI=1S/C18H19ClF5N3O3/c1-4-12-26-13(16(28)29-5-2)14(19)27(12)15-11(30-17(20)21)7-10(8-25-15)6-9(3)18(22,23)24/h7-9,17H,4-6H2,1-3H3/t9-/m0/s1. The Labute approximate surface area is 174 Å². The summed E-state index contributed by atoms with van der Waals surface area (Å²) in [7, 11) is 0. The summed E-state index contributed by atoms with van der Waals surface area (Å²) in [5, 5.41) is -0.242. The lowest BCUT2D eigenvalue weighted by Crippen LogP contribution is -2.22. The Balaban J connectivity index is 2.56. The fourth-order valence-corrected chi connectivity index (χ4v) is 2.93. The van der Waals surface area contributed by atoms with E-state index in [1.165, 1.54) is 0 Å². The van der Waals surface area contributed by atoms with Gasteiger partial charge >= 0.3 is 18.8 Å². The SMILES string of the molecule is CCOC(=O)c1nc(CC)n(-c2ncc(C[C@H](C)C(F)(F)F)cc2OC(F)F)c1Cl. The van der Waals surface area contributed by atoms with Crippen molar-refractivity contribution in [2.75, 3.05) is 6.61 Å². The average Bonchev–Trinajstić information content (AvgIpc) is 2.97. The molecule has 166 valence electrons. The third-order valence-corrected chi connectivity index (χ3v) is 4.44. The second-order valence-corrected chi connectivity index (χ2v) is 6.63. The molecule has 0 aromatic carbocycles. The lowest BCUT2D eigenvalue weighted by atomic mass is 10.0. The summed E-state index contributed by atoms with van der Waals surface area (Å²) in [5.74, 6) is -3.07. The Bertz CT molecular complexity index is 902. The maximum atomic E-state index is 13.0. The summed E-state index contributed by atoms with van der Waals surface area (Å²) >= 11 is 6.23. The molecule has 0 aliphatic rings. The lowest BCUT2D eigenvalue weighted by Gasteiger charge is -2.17. The Morgan fingerprint density at radius 3 is 2.50 bits per heavy atom. The third kappa shape index (κ3) is 5.38. The van der Waals surface area contributed by atoms with E-state index in [4.69, 9.17) is 16.3 Å². The largest absolute Gasteiger partial charge is 0.461 e. The van der Waals surface area contributed by atoms with Crippen LogP contribution in [0.2, 0.25) is 5.15 Å². The second-order valence-electron chi connectivity index (χ2n) is 6.27. The molecule has 0 aliphatic carbocycles. The van der Waals surface area contributed by atoms with Gasteiger partial charge in [0.25, 0.3) is 0 Å². The minimum Gasteiger partial charge on any atom is -0.461 e. The zero-order valence-electron chi connectivity index (χ0n) is 16.3. The van der Waals surface area contributed by atoms with Crippen LogP contribution in [0.25, 0.3) is 5.82 Å². The molecule has 30 heavy (non-hydrogen) atoms. The van der Waals surface area contributed by atoms with Crippen molar-refractivity contribution in [3.8, 4) is 11.6 Å². The highest BCUT2D eigenvalue weighted by atomic mass is 35.5. The number of pyridine rings is 1. The number of alkyl halides is 5. The summed E-state index contributed by atoms with van der Waals surface area (Å²) in [6.45, 7) is 1.03. The highest BCUT2D eigenvalue weighted by molar-refractivity contribution is 6.32. The molecule has 0 N–H and O–H groups in total. The minimum atomic E-state index is -4.46. The van der Waals surface area contributed by atoms with E-state index in [1.54, 1.807) is 13.8 Å². The van der Waals surface area contributed by atoms with Crippen LogP contribution in [0.4, 0.5) is 22.0 Å². The van der Waals surface area contributed by atoms with Crippen LogP contribution in [-0.2, 0) is 17.6 Å². The van der Waals surface area contributed by atoms with Gasteiger partial charge in [0.15, 0.2) is 17.3 Å². The number of rotatable bonds is 8. The van der Waals surface area contributed by atoms with E-state index >= 15 is 0 Å². The van der Waals surface area contributed by atoms with Crippen LogP contribution < -0.4 is 4.74 Å². The van der Waals surface area contributed by atoms with Gasteiger partial charge in [-0.25, -0.2) is 14.8 Å². The molecule has 12 heteroatoms. The molecule has 2 aromatic heterocycles. The van der Waals surface area contributed by atoms with E-state index in [-0.39, 0.29) is 41.1 Å². The molecule has 0 aliphatic heterocycles. The molecule has 0 bridgehead atoms. The number of imidazole rings is 1. The number of nitrogens with zero attached hydrogens (tertiary/aromatic N) is 3. The van der Waals surface area contributed by atoms with Gasteiger partial charge in [0.2, 0.25) is 0 Å². The van der Waals surface area contributed by atoms with Crippen LogP contribution in [0.3, 0.4) is 0 Å². The Morgan fingerprint density at radius 2 is 1.97 bits per heavy atom. The first-order valence-electron chi connectivity index (χ1n) is 8.94. The average molecular weight is 456 g/mol. The van der Waals surface area contributed by atoms with Crippen LogP contribution in [0.1, 0.15) is 42.6 Å². The molecule has 0 fully saturated rings. The number of hydrogen-bond acceptors (Lipinski definition) is 5. The van der Waals surface area contributed by atoms with Crippen LogP contribution in [0.15, 0.2) is 12.3 Å². The van der Waals surface area contributed by atoms with Gasteiger partial charge in [-0.05, 0) is 25.0 Å². The highest BCUT2D eigenvalue weighted by Gasteiger charge is 2.36. The normalized spacial score (nSPS) is 12.9. The van der Waals surface area contributed by atoms with Crippen molar-refractivity contribution < 1.29 is 36.2 Å². The third-order valence-electron chi connectivity index (χ3n) is 4.09. The van der Waals surface area contributed by atoms with Crippen LogP contribution in [0.5, 0.6) is 5.75 Å². The highest BCUT2D eigenvalue weighted by Crippen LogP contribution is 2.33. The van der Waals surface area contributed by atoms with Crippen molar-refractivity contribution >= 4 is 17.6 Å². The first kappa shape index (κ1) is 23.8. The summed E-state index contributed by atoms with van der Waals surface area (Å²) in [5.41, 5.74) is -0.200. The lowest BCUT2D eigenvalue weighted by molar-refractivity contribution is -0.169. The molecule has 0 spiro atoms. The molecule has 0 amide bonds. The molecule has 1 atom stereocenters. The van der Waals surface area contributed by atoms with Crippen LogP contribution in [-0.4, -0.2) is 39.9 Å². The molecular weight excluding hydrogens is 437 g/mol. The smallest absolute Gasteiger partial charge is 0.391 e. The minimum absolute atomic E-state index is 0.0409. The molecule has 6 nitrogen and oxygen atoms in total. The molecular formula is C18H19ClF5N3O3. The molecule has 2 aromatic rings. The maximum Gasteiger partial charge on any atom is 0.391 e. The van der Waals surface area contributed by atoms with Gasteiger partial charge in [0, 0.05) is 12.6 Å². The molecule has 0 saturated carbocycles. The van der Waals surface area contributed by atoms with Gasteiger partial charge in [-0.3, -0.25) is 4.57 Å². The summed E-state index contributed by atoms with van der Waals surface area (Å²) in [4.78, 5) is 20.1. The zero-order valence-corrected chi connectivity index (χ0v) is 17.0. The van der Waals surface area contributed by atoms with Crippen molar-refractivity contribution in [3.63, 3.8) is 0 Å². The van der Waals surface area contributed by atoms with Gasteiger partial charge in [-0.15, -0.1) is 0 Å². The molecule has 0 radical (unpaired) electrons. The zero-order chi connectivity index (χ0) is 22.6. The van der Waals surface area contributed by atoms with Crippen molar-refractivity contribution in [1.82, 2.24) is 14.5 Å². The number of hydrogen-bond donors (Lipinski definition) is 0. The predicted molar refractivity (Wildman–Crippen MR) is 97.3 cm³/mol. The van der Waals surface area contributed by atoms with Crippen LogP contribution in [0, 0.1) is 5.92 Å². The van der Waals surface area contributed by atoms with Crippen molar-refractivity contribution in [3.05, 3.63) is 34.5 Å². The van der Waals surface area contributed by atoms with Gasteiger partial charge < -0.3 is 9.47 Å². The van der Waals surface area contributed by atoms with E-state index in [1.807, 2.05) is 0 Å². The Kier molecular flexibility index (Phi) is 7.62. The van der Waals surface area contributed by atoms with Gasteiger partial charge in [-0.1, -0.05) is 25.4 Å². The summed E-state index contributed by atoms with van der Waals surface area (Å²) in [6.07, 6.45) is -3.60. The predicted octanol–water partition coefficient (Wildman–Crippen LogP) is 5.00. The second kappa shape index (κ2) is 9.59. The van der Waals surface area contributed by atoms with Crippen molar-refractivity contribution in [2.24, 2.45) is 5.92 Å². The van der Waals surface area contributed by atoms with Crippen molar-refractivity contribution in [1.29, 1.82) is 0 Å². The Morgan fingerprint density at radius 1 is 1.30 bits per heavy atom. The number of carbonyl (C=O) groups is 1. The topological polar surface area (TPSA) is 66.2 Å². The van der Waals surface area contributed by atoms with E-state index in [2.05, 4.69) is 14.7 Å². The maximum absolute atomic E-state index is 13.0. The number of esters is 1. The molecule has 0 unspecified atom stereocenters. The van der Waals surface area contributed by atoms with Crippen LogP contribution >= 0.6 is 11.6 Å². The monoisotopic (exact) mass is 455 g/mol. The fourth-order valence-electron chi connectivity index (χ4n) is 2.64. The molecule has 2 rings (SSSR count). The van der Waals surface area contributed by atoms with Gasteiger partial charge in [0.05, 0.1) is 12.5 Å². The Hall–Kier alpha value is -2.43. The molecule has 2 heterocycles. The first-order valence-corrected chi connectivity index (χ1v) is 9.32. The van der Waals surface area contributed by atoms with E-state index in [9.17, 15) is 26.7 Å². The fraction of sp³-hybridized carbons (Fsp3) is 0.500. The van der Waals surface area contributed by atoms with E-state index < -0.39 is 36.8 Å². The number of ether oxygens (including phenoxy) is 2. The first-order chi connectivity index (χ1) is 14.0. The number of carbonyl (C=O) groups excluding carboxylic acids is 1. The summed E-state index contributed by atoms with van der Waals surface area (Å²) < 4.78 is 74.9. The quantitative estimate of drug-likeness (QED) is 0.414. The van der Waals surface area contributed by atoms with E-state index in [0.717, 1.165) is 23.8 Å². The number of aromatic nitrogens is 3. The molecule has 0 saturated heterocycles. The van der Waals surface area contributed by atoms with E-state index in [0.29, 0.717) is 0 Å². The van der Waals surface area contributed by atoms with Gasteiger partial charge in [0.1, 0.15) is 11.0 Å². The summed E-state index contributed by atoms with van der Waals surface area (Å²) in [6, 6.07) is 1.04.